The maximum atomic E-state index is 14.7. The van der Waals surface area contributed by atoms with E-state index < -0.39 is 162 Å². The molecule has 21 nitrogen and oxygen atoms in total. The van der Waals surface area contributed by atoms with Gasteiger partial charge in [0.05, 0.1) is 55.1 Å². The smallest absolute Gasteiger partial charge is 0.318 e. The number of rotatable bonds is 17. The molecule has 21 heteroatoms. The van der Waals surface area contributed by atoms with E-state index in [1.165, 1.54) is 27.2 Å². The van der Waals surface area contributed by atoms with E-state index in [1.807, 2.05) is 64.1 Å². The van der Waals surface area contributed by atoms with Gasteiger partial charge < -0.3 is 86.7 Å². The van der Waals surface area contributed by atoms with E-state index in [0.717, 1.165) is 11.1 Å². The molecular formula is C60H88O21. The van der Waals surface area contributed by atoms with Crippen LogP contribution in [0.25, 0.3) is 6.08 Å². The van der Waals surface area contributed by atoms with Gasteiger partial charge in [-0.15, -0.1) is 0 Å². The summed E-state index contributed by atoms with van der Waals surface area (Å²) >= 11 is 0. The Balaban J connectivity index is 0.838. The Kier molecular flexibility index (Phi) is 19.2. The molecule has 4 heterocycles. The van der Waals surface area contributed by atoms with Crippen molar-refractivity contribution in [2.24, 2.45) is 28.6 Å². The summed E-state index contributed by atoms with van der Waals surface area (Å²) in [6.07, 6.45) is -5.93. The number of hydrogen-bond donors (Lipinski definition) is 4. The minimum absolute atomic E-state index is 0.0100. The van der Waals surface area contributed by atoms with Crippen LogP contribution >= 0.6 is 0 Å². The number of carbonyl (C=O) groups excluding carboxylic acids is 3. The van der Waals surface area contributed by atoms with Gasteiger partial charge in [0.1, 0.15) is 65.6 Å². The molecule has 1 aromatic carbocycles. The van der Waals surface area contributed by atoms with Gasteiger partial charge in [-0.1, -0.05) is 55.8 Å². The largest absolute Gasteiger partial charge is 0.461 e. The van der Waals surface area contributed by atoms with Crippen LogP contribution < -0.4 is 0 Å². The van der Waals surface area contributed by atoms with Crippen molar-refractivity contribution in [3.05, 3.63) is 53.8 Å². The highest BCUT2D eigenvalue weighted by Crippen LogP contribution is 2.72. The molecule has 0 bridgehead atoms. The highest BCUT2D eigenvalue weighted by molar-refractivity contribution is 5.84. The molecule has 9 rings (SSSR count). The van der Waals surface area contributed by atoms with E-state index in [2.05, 4.69) is 0 Å². The zero-order valence-corrected chi connectivity index (χ0v) is 48.9. The van der Waals surface area contributed by atoms with Crippen molar-refractivity contribution in [3.8, 4) is 0 Å². The lowest BCUT2D eigenvalue weighted by Crippen LogP contribution is -2.79. The average molecular weight is 1150 g/mol. The molecular weight excluding hydrogens is 1060 g/mol. The first-order valence-corrected chi connectivity index (χ1v) is 28.9. The number of aliphatic hydroxyl groups is 4. The predicted molar refractivity (Wildman–Crippen MR) is 286 cm³/mol. The summed E-state index contributed by atoms with van der Waals surface area (Å²) in [5, 5.41) is 47.9. The van der Waals surface area contributed by atoms with Crippen LogP contribution in [-0.2, 0) is 80.7 Å². The van der Waals surface area contributed by atoms with Gasteiger partial charge in [0, 0.05) is 71.9 Å². The number of esters is 2. The maximum Gasteiger partial charge on any atom is 0.318 e. The molecule has 454 valence electrons. The van der Waals surface area contributed by atoms with Gasteiger partial charge in [0.15, 0.2) is 25.2 Å². The summed E-state index contributed by atoms with van der Waals surface area (Å²) in [7, 11) is 6.21. The molecule has 81 heavy (non-hydrogen) atoms. The predicted octanol–water partition coefficient (Wildman–Crippen LogP) is 4.84. The summed E-state index contributed by atoms with van der Waals surface area (Å²) in [6, 6.07) is 9.28. The van der Waals surface area contributed by atoms with Crippen LogP contribution in [0, 0.1) is 28.6 Å². The van der Waals surface area contributed by atoms with Crippen molar-refractivity contribution in [1.82, 2.24) is 0 Å². The number of carbonyl (C=O) groups is 3. The summed E-state index contributed by atoms with van der Waals surface area (Å²) in [5.74, 6) is -4.79. The van der Waals surface area contributed by atoms with Crippen LogP contribution in [0.4, 0.5) is 0 Å². The second kappa shape index (κ2) is 24.9. The number of benzene rings is 1. The first-order chi connectivity index (χ1) is 38.5. The number of methoxy groups -OCH3 is 4. The van der Waals surface area contributed by atoms with Gasteiger partial charge >= 0.3 is 11.9 Å². The van der Waals surface area contributed by atoms with Crippen molar-refractivity contribution >= 4 is 23.8 Å². The van der Waals surface area contributed by atoms with Gasteiger partial charge in [0.25, 0.3) is 0 Å². The van der Waals surface area contributed by atoms with Crippen LogP contribution in [0.2, 0.25) is 0 Å². The highest BCUT2D eigenvalue weighted by atomic mass is 16.8. The van der Waals surface area contributed by atoms with Crippen molar-refractivity contribution < 1.29 is 101 Å². The number of aliphatic hydroxyl groups excluding tert-OH is 2. The van der Waals surface area contributed by atoms with Crippen molar-refractivity contribution in [3.63, 3.8) is 0 Å². The van der Waals surface area contributed by atoms with Crippen LogP contribution in [0.5, 0.6) is 0 Å². The molecule has 1 aromatic rings. The highest BCUT2D eigenvalue weighted by Gasteiger charge is 2.81. The zero-order valence-electron chi connectivity index (χ0n) is 48.9. The second-order valence-corrected chi connectivity index (χ2v) is 24.3. The van der Waals surface area contributed by atoms with E-state index in [1.54, 1.807) is 41.3 Å². The van der Waals surface area contributed by atoms with E-state index in [-0.39, 0.29) is 37.6 Å². The molecule has 3 saturated carbocycles. The number of ether oxygens (including phenoxy) is 14. The first-order valence-electron chi connectivity index (χ1n) is 28.9. The summed E-state index contributed by atoms with van der Waals surface area (Å²) in [6.45, 7) is 13.7. The number of hydrogen-bond acceptors (Lipinski definition) is 21. The summed E-state index contributed by atoms with van der Waals surface area (Å²) in [4.78, 5) is 41.5. The van der Waals surface area contributed by atoms with Crippen LogP contribution in [0.15, 0.2) is 48.2 Å². The molecule has 7 fully saturated rings. The normalized spacial score (nSPS) is 47.1. The fourth-order valence-corrected chi connectivity index (χ4v) is 15.7. The quantitative estimate of drug-likeness (QED) is 0.0924. The van der Waals surface area contributed by atoms with Crippen LogP contribution in [0.3, 0.4) is 0 Å². The van der Waals surface area contributed by atoms with Crippen LogP contribution in [0.1, 0.15) is 119 Å². The lowest BCUT2D eigenvalue weighted by atomic mass is 9.40. The monoisotopic (exact) mass is 1140 g/mol. The minimum Gasteiger partial charge on any atom is -0.461 e. The standard InChI is InChI=1S/C60H88O21/c1-30(61)39-20-24-60(67)58(39,8)46(55(65)72-25-21-36-16-14-13-15-17-36)52(77-35(6)62)54-57(7)22-19-38(26-37(57)18-23-59(54,60)66)78-43-27-40(68-9)49(32(3)73-43)79-44-28-41(69-10)50(33(4)74-44)80-45-29-42(70-11)51(34(5)75-45)81-56-48(64)53(71-12)47(63)31(2)76-56/h13-18,21,25,31-34,38-54,56,63-64,66-67H,19-20,22-24,26-29H2,1-12H3/b25-21+/t31-,32-,33-,34-,38+,39-,40+,41+,42-,43+,44+,45+,46+,47-,48-,49-,50-,51-,52-,53-,54?,56+,57+,58+,59+,60-/m1/s1. The maximum absolute atomic E-state index is 14.7. The van der Waals surface area contributed by atoms with E-state index in [4.69, 9.17) is 66.3 Å². The fraction of sp³-hybridized carbons (Fsp3) is 0.783. The average Bonchev–Trinajstić information content (AvgIpc) is 3.69. The molecule has 0 radical (unpaired) electrons. The molecule has 8 aliphatic rings. The zero-order chi connectivity index (χ0) is 58.5. The van der Waals surface area contributed by atoms with Crippen molar-refractivity contribution in [2.45, 2.75) is 241 Å². The topological polar surface area (TPSA) is 261 Å². The molecule has 0 aromatic heterocycles. The molecule has 4 aliphatic heterocycles. The van der Waals surface area contributed by atoms with Gasteiger partial charge in [-0.3, -0.25) is 14.4 Å². The van der Waals surface area contributed by atoms with E-state index in [0.29, 0.717) is 32.1 Å². The molecule has 0 amide bonds. The summed E-state index contributed by atoms with van der Waals surface area (Å²) in [5.41, 5.74) is -4.58. The van der Waals surface area contributed by atoms with Crippen molar-refractivity contribution in [2.75, 3.05) is 28.4 Å². The third-order valence-corrected chi connectivity index (χ3v) is 19.8. The molecule has 0 spiro atoms. The Bertz CT molecular complexity index is 2410. The van der Waals surface area contributed by atoms with E-state index >= 15 is 0 Å². The molecule has 4 N–H and O–H groups in total. The Morgan fingerprint density at radius 1 is 0.654 bits per heavy atom. The fourth-order valence-electron chi connectivity index (χ4n) is 15.7. The minimum atomic E-state index is -1.94. The van der Waals surface area contributed by atoms with Gasteiger partial charge in [-0.05, 0) is 90.2 Å². The summed E-state index contributed by atoms with van der Waals surface area (Å²) < 4.78 is 87.0. The van der Waals surface area contributed by atoms with Crippen LogP contribution in [-0.4, -0.2) is 195 Å². The Morgan fingerprint density at radius 3 is 1.74 bits per heavy atom. The molecule has 4 saturated heterocycles. The third-order valence-electron chi connectivity index (χ3n) is 19.8. The molecule has 26 atom stereocenters. The van der Waals surface area contributed by atoms with Gasteiger partial charge in [-0.25, -0.2) is 0 Å². The lowest BCUT2D eigenvalue weighted by molar-refractivity contribution is -0.356. The van der Waals surface area contributed by atoms with Gasteiger partial charge in [0.2, 0.25) is 0 Å². The van der Waals surface area contributed by atoms with Crippen molar-refractivity contribution in [1.29, 1.82) is 0 Å². The molecule has 4 aliphatic carbocycles. The van der Waals surface area contributed by atoms with Gasteiger partial charge in [-0.2, -0.15) is 0 Å². The SMILES string of the molecule is CO[C@H]1[C@@H](O)[C@H](O[C@@H]2[C@@H](C)O[C@@H](O[C@H]3[C@@H](OC)C[C@H](O[C@H]4[C@@H](OC)C[C@H](O[C@H]5CC[C@@]6(C)C(=CC[C@]7(O)C6[C@H](OC(C)=O)[C@@H](C(=O)O/C=C/c6ccccc6)[C@]6(C)[C@@H](C(C)=O)CC[C@@]67O)C5)O[C@@H]4C)O[C@@H]3C)C[C@H]2OC)O[C@H](C)[C@H]1O. The Hall–Kier alpha value is -3.33. The second-order valence-electron chi connectivity index (χ2n) is 24.3. The lowest BCUT2D eigenvalue weighted by Gasteiger charge is -2.68. The van der Waals surface area contributed by atoms with E-state index in [9.17, 15) is 34.8 Å². The first kappa shape index (κ1) is 62.2. The number of Topliss-reactive ketones (excluding diaryl/α,β-unsaturated/α-hetero) is 1. The number of fused-ring (bicyclic) bond motifs is 5. The Labute approximate surface area is 475 Å². The number of ketones is 1. The third kappa shape index (κ3) is 11.5. The Morgan fingerprint density at radius 2 is 1.21 bits per heavy atom. The molecule has 1 unspecified atom stereocenters.